The summed E-state index contributed by atoms with van der Waals surface area (Å²) in [4.78, 5) is 4.06. The summed E-state index contributed by atoms with van der Waals surface area (Å²) in [5.41, 5.74) is 1.16. The first kappa shape index (κ1) is 13.1. The monoisotopic (exact) mass is 274 g/mol. The molecule has 1 aliphatic rings. The number of nitrogens with zero attached hydrogens (tertiary/aromatic N) is 2. The molecule has 5 nitrogen and oxygen atoms in total. The fourth-order valence-corrected chi connectivity index (χ4v) is 2.46. The molecule has 0 N–H and O–H groups in total. The fraction of sp³-hybridized carbons (Fsp3) is 0.400. The maximum absolute atomic E-state index is 5.87. The SMILES string of the molecule is COc1ccc(CC2(Cn3ccnc3)OCCO2)cc1. The Labute approximate surface area is 118 Å². The van der Waals surface area contributed by atoms with Crippen molar-refractivity contribution in [1.29, 1.82) is 0 Å². The zero-order chi connectivity index (χ0) is 13.8. The van der Waals surface area contributed by atoms with Crippen LogP contribution in [0.25, 0.3) is 0 Å². The third-order valence-corrected chi connectivity index (χ3v) is 3.43. The number of benzene rings is 1. The molecule has 3 rings (SSSR count). The first-order valence-electron chi connectivity index (χ1n) is 6.66. The van der Waals surface area contributed by atoms with Gasteiger partial charge in [0.05, 0.1) is 33.2 Å². The van der Waals surface area contributed by atoms with Crippen molar-refractivity contribution < 1.29 is 14.2 Å². The van der Waals surface area contributed by atoms with Crippen LogP contribution >= 0.6 is 0 Å². The van der Waals surface area contributed by atoms with Crippen LogP contribution < -0.4 is 4.74 Å². The summed E-state index contributed by atoms with van der Waals surface area (Å²) in [6.07, 6.45) is 6.16. The molecule has 0 bridgehead atoms. The second-order valence-corrected chi connectivity index (χ2v) is 4.87. The van der Waals surface area contributed by atoms with E-state index in [9.17, 15) is 0 Å². The molecule has 1 aromatic carbocycles. The van der Waals surface area contributed by atoms with E-state index in [1.807, 2.05) is 35.0 Å². The van der Waals surface area contributed by atoms with E-state index < -0.39 is 5.79 Å². The van der Waals surface area contributed by atoms with Crippen LogP contribution in [0.5, 0.6) is 5.75 Å². The van der Waals surface area contributed by atoms with Gasteiger partial charge in [0.2, 0.25) is 0 Å². The zero-order valence-electron chi connectivity index (χ0n) is 11.5. The van der Waals surface area contributed by atoms with Crippen LogP contribution in [0.15, 0.2) is 43.0 Å². The molecule has 106 valence electrons. The molecule has 2 aromatic rings. The second kappa shape index (κ2) is 5.64. The molecule has 0 unspecified atom stereocenters. The molecule has 1 fully saturated rings. The number of imidazole rings is 1. The van der Waals surface area contributed by atoms with E-state index in [4.69, 9.17) is 14.2 Å². The minimum absolute atomic E-state index is 0.602. The highest BCUT2D eigenvalue weighted by Gasteiger charge is 2.37. The van der Waals surface area contributed by atoms with Crippen molar-refractivity contribution >= 4 is 0 Å². The summed E-state index contributed by atoms with van der Waals surface area (Å²) in [6, 6.07) is 7.99. The lowest BCUT2D eigenvalue weighted by atomic mass is 10.0. The van der Waals surface area contributed by atoms with Crippen molar-refractivity contribution in [2.45, 2.75) is 18.8 Å². The molecule has 1 aliphatic heterocycles. The molecule has 0 amide bonds. The van der Waals surface area contributed by atoms with E-state index >= 15 is 0 Å². The Hall–Kier alpha value is -1.85. The van der Waals surface area contributed by atoms with Crippen molar-refractivity contribution in [1.82, 2.24) is 9.55 Å². The number of aromatic nitrogens is 2. The largest absolute Gasteiger partial charge is 0.497 e. The molecular weight excluding hydrogens is 256 g/mol. The zero-order valence-corrected chi connectivity index (χ0v) is 11.5. The van der Waals surface area contributed by atoms with Crippen molar-refractivity contribution in [2.24, 2.45) is 0 Å². The van der Waals surface area contributed by atoms with E-state index in [0.29, 0.717) is 26.2 Å². The van der Waals surface area contributed by atoms with Gasteiger partial charge in [0.1, 0.15) is 5.75 Å². The predicted octanol–water partition coefficient (Wildman–Crippen LogP) is 1.88. The minimum atomic E-state index is -0.602. The lowest BCUT2D eigenvalue weighted by molar-refractivity contribution is -0.166. The van der Waals surface area contributed by atoms with Crippen LogP contribution in [0.3, 0.4) is 0 Å². The normalized spacial score (nSPS) is 17.2. The second-order valence-electron chi connectivity index (χ2n) is 4.87. The number of ether oxygens (including phenoxy) is 3. The van der Waals surface area contributed by atoms with E-state index in [-0.39, 0.29) is 0 Å². The maximum atomic E-state index is 5.87. The topological polar surface area (TPSA) is 45.5 Å². The lowest BCUT2D eigenvalue weighted by Crippen LogP contribution is -2.37. The first-order chi connectivity index (χ1) is 9.80. The molecule has 0 atom stereocenters. The van der Waals surface area contributed by atoms with E-state index in [1.165, 1.54) is 0 Å². The van der Waals surface area contributed by atoms with Gasteiger partial charge >= 0.3 is 0 Å². The van der Waals surface area contributed by atoms with Gasteiger partial charge in [-0.05, 0) is 17.7 Å². The third kappa shape index (κ3) is 2.84. The van der Waals surface area contributed by atoms with Crippen LogP contribution in [0.2, 0.25) is 0 Å². The third-order valence-electron chi connectivity index (χ3n) is 3.43. The summed E-state index contributed by atoms with van der Waals surface area (Å²) in [5.74, 6) is 0.251. The van der Waals surface area contributed by atoms with Crippen LogP contribution in [0.1, 0.15) is 5.56 Å². The Morgan fingerprint density at radius 2 is 2.00 bits per heavy atom. The number of rotatable bonds is 5. The van der Waals surface area contributed by atoms with Gasteiger partial charge in [-0.25, -0.2) is 4.98 Å². The predicted molar refractivity (Wildman–Crippen MR) is 73.6 cm³/mol. The molecule has 2 heterocycles. The lowest BCUT2D eigenvalue weighted by Gasteiger charge is -2.28. The smallest absolute Gasteiger partial charge is 0.190 e. The highest BCUT2D eigenvalue weighted by molar-refractivity contribution is 5.27. The van der Waals surface area contributed by atoms with Gasteiger partial charge < -0.3 is 18.8 Å². The standard InChI is InChI=1S/C15H18N2O3/c1-18-14-4-2-13(3-5-14)10-15(19-8-9-20-15)11-17-7-6-16-12-17/h2-7,12H,8-11H2,1H3. The average molecular weight is 274 g/mol. The molecular formula is C15H18N2O3. The fourth-order valence-electron chi connectivity index (χ4n) is 2.46. The van der Waals surface area contributed by atoms with E-state index in [1.54, 1.807) is 19.6 Å². The number of methoxy groups -OCH3 is 1. The van der Waals surface area contributed by atoms with Crippen LogP contribution in [-0.4, -0.2) is 35.7 Å². The molecule has 1 saturated heterocycles. The number of hydrogen-bond donors (Lipinski definition) is 0. The van der Waals surface area contributed by atoms with Gasteiger partial charge in [0.15, 0.2) is 5.79 Å². The molecule has 0 saturated carbocycles. The summed E-state index contributed by atoms with van der Waals surface area (Å²) in [7, 11) is 1.67. The van der Waals surface area contributed by atoms with E-state index in [2.05, 4.69) is 4.98 Å². The highest BCUT2D eigenvalue weighted by Crippen LogP contribution is 2.27. The van der Waals surface area contributed by atoms with E-state index in [0.717, 1.165) is 11.3 Å². The molecule has 0 spiro atoms. The van der Waals surface area contributed by atoms with Gasteiger partial charge in [-0.1, -0.05) is 12.1 Å². The minimum Gasteiger partial charge on any atom is -0.497 e. The average Bonchev–Trinajstić information content (AvgIpc) is 3.13. The maximum Gasteiger partial charge on any atom is 0.190 e. The summed E-state index contributed by atoms with van der Waals surface area (Å²) < 4.78 is 18.9. The summed E-state index contributed by atoms with van der Waals surface area (Å²) >= 11 is 0. The van der Waals surface area contributed by atoms with Gasteiger partial charge in [-0.3, -0.25) is 0 Å². The van der Waals surface area contributed by atoms with Crippen LogP contribution in [-0.2, 0) is 22.4 Å². The summed E-state index contributed by atoms with van der Waals surface area (Å²) in [5, 5.41) is 0. The van der Waals surface area contributed by atoms with Crippen molar-refractivity contribution in [3.63, 3.8) is 0 Å². The molecule has 0 aliphatic carbocycles. The van der Waals surface area contributed by atoms with Crippen molar-refractivity contribution in [3.05, 3.63) is 48.5 Å². The van der Waals surface area contributed by atoms with Crippen LogP contribution in [0.4, 0.5) is 0 Å². The Balaban J connectivity index is 1.76. The van der Waals surface area contributed by atoms with Crippen molar-refractivity contribution in [3.8, 4) is 5.75 Å². The summed E-state index contributed by atoms with van der Waals surface area (Å²) in [6.45, 7) is 1.90. The van der Waals surface area contributed by atoms with Crippen LogP contribution in [0, 0.1) is 0 Å². The van der Waals surface area contributed by atoms with Gasteiger partial charge in [0.25, 0.3) is 0 Å². The Kier molecular flexibility index (Phi) is 3.71. The molecule has 1 aromatic heterocycles. The van der Waals surface area contributed by atoms with Crippen molar-refractivity contribution in [2.75, 3.05) is 20.3 Å². The Morgan fingerprint density at radius 3 is 2.60 bits per heavy atom. The van der Waals surface area contributed by atoms with Gasteiger partial charge in [-0.15, -0.1) is 0 Å². The molecule has 20 heavy (non-hydrogen) atoms. The molecule has 5 heteroatoms. The highest BCUT2D eigenvalue weighted by atomic mass is 16.7. The number of hydrogen-bond acceptors (Lipinski definition) is 4. The van der Waals surface area contributed by atoms with Gasteiger partial charge in [0, 0.05) is 18.8 Å². The first-order valence-corrected chi connectivity index (χ1v) is 6.66. The van der Waals surface area contributed by atoms with Gasteiger partial charge in [-0.2, -0.15) is 0 Å². The Bertz CT molecular complexity index is 531. The quantitative estimate of drug-likeness (QED) is 0.835. The Morgan fingerprint density at radius 1 is 1.25 bits per heavy atom. The molecule has 0 radical (unpaired) electrons.